The van der Waals surface area contributed by atoms with E-state index in [0.29, 0.717) is 0 Å². The minimum Gasteiger partial charge on any atom is -0.508 e. The summed E-state index contributed by atoms with van der Waals surface area (Å²) < 4.78 is 28.1. The second-order valence-corrected chi connectivity index (χ2v) is 10.3. The summed E-state index contributed by atoms with van der Waals surface area (Å²) in [5.74, 6) is -3.54. The fourth-order valence-electron chi connectivity index (χ4n) is 4.98. The van der Waals surface area contributed by atoms with Gasteiger partial charge in [-0.3, -0.25) is 4.79 Å². The van der Waals surface area contributed by atoms with Crippen molar-refractivity contribution < 1.29 is 79.5 Å². The third-order valence-corrected chi connectivity index (χ3v) is 7.35. The molecular weight excluding hydrogens is 596 g/mol. The molecule has 0 amide bonds. The Morgan fingerprint density at radius 3 is 1.98 bits per heavy atom. The van der Waals surface area contributed by atoms with Crippen LogP contribution in [0.25, 0.3) is 22.3 Å². The van der Waals surface area contributed by atoms with Gasteiger partial charge in [-0.15, -0.1) is 0 Å². The molecule has 240 valence electrons. The van der Waals surface area contributed by atoms with Crippen LogP contribution in [-0.2, 0) is 14.2 Å². The summed E-state index contributed by atoms with van der Waals surface area (Å²) in [4.78, 5) is 13.7. The van der Waals surface area contributed by atoms with Gasteiger partial charge in [0.1, 0.15) is 65.2 Å². The highest BCUT2D eigenvalue weighted by atomic mass is 16.8. The van der Waals surface area contributed by atoms with E-state index in [1.54, 1.807) is 0 Å². The minimum atomic E-state index is -1.97. The Kier molecular flexibility index (Phi) is 8.87. The van der Waals surface area contributed by atoms with Crippen molar-refractivity contribution in [3.63, 3.8) is 0 Å². The van der Waals surface area contributed by atoms with Crippen molar-refractivity contribution in [3.05, 3.63) is 40.6 Å². The largest absolute Gasteiger partial charge is 0.508 e. The third kappa shape index (κ3) is 5.61. The van der Waals surface area contributed by atoms with Gasteiger partial charge in [-0.2, -0.15) is 0 Å². The number of aliphatic hydroxyl groups excluding tert-OH is 7. The van der Waals surface area contributed by atoms with Crippen molar-refractivity contribution in [3.8, 4) is 40.1 Å². The Morgan fingerprint density at radius 1 is 0.705 bits per heavy atom. The summed E-state index contributed by atoms with van der Waals surface area (Å²) in [6, 6.07) is 5.12. The smallest absolute Gasteiger partial charge is 0.239 e. The normalized spacial score (nSPS) is 32.5. The Balaban J connectivity index is 1.61. The fraction of sp³-hybridized carbons (Fsp3) is 0.444. The lowest BCUT2D eigenvalue weighted by molar-refractivity contribution is -0.358. The van der Waals surface area contributed by atoms with Gasteiger partial charge in [0.25, 0.3) is 0 Å². The van der Waals surface area contributed by atoms with Crippen molar-refractivity contribution in [2.75, 3.05) is 13.2 Å². The average molecular weight is 627 g/mol. The van der Waals surface area contributed by atoms with Crippen LogP contribution in [0.4, 0.5) is 0 Å². The van der Waals surface area contributed by atoms with Crippen LogP contribution in [0.2, 0.25) is 0 Å². The zero-order valence-electron chi connectivity index (χ0n) is 22.4. The first-order valence-corrected chi connectivity index (χ1v) is 13.2. The number of benzene rings is 2. The number of fused-ring (bicyclic) bond motifs is 1. The maximum absolute atomic E-state index is 13.7. The zero-order chi connectivity index (χ0) is 32.0. The second kappa shape index (κ2) is 12.3. The van der Waals surface area contributed by atoms with Crippen LogP contribution in [-0.4, -0.2) is 131 Å². The molecule has 2 aromatic carbocycles. The van der Waals surface area contributed by atoms with Crippen LogP contribution in [0.3, 0.4) is 0 Å². The van der Waals surface area contributed by atoms with Crippen LogP contribution in [0.5, 0.6) is 28.7 Å². The highest BCUT2D eigenvalue weighted by Gasteiger charge is 2.51. The van der Waals surface area contributed by atoms with Crippen LogP contribution in [0.1, 0.15) is 0 Å². The van der Waals surface area contributed by atoms with Gasteiger partial charge in [0.15, 0.2) is 29.7 Å². The van der Waals surface area contributed by atoms with E-state index in [-0.39, 0.29) is 11.1 Å². The summed E-state index contributed by atoms with van der Waals surface area (Å²) in [7, 11) is 0. The second-order valence-electron chi connectivity index (χ2n) is 10.3. The van der Waals surface area contributed by atoms with E-state index in [4.69, 9.17) is 23.4 Å². The van der Waals surface area contributed by atoms with E-state index in [1.165, 1.54) is 6.07 Å². The molecule has 3 heterocycles. The summed E-state index contributed by atoms with van der Waals surface area (Å²) in [6.07, 6.45) is -18.0. The molecule has 0 saturated carbocycles. The van der Waals surface area contributed by atoms with Crippen LogP contribution in [0, 0.1) is 0 Å². The van der Waals surface area contributed by atoms with Gasteiger partial charge in [0, 0.05) is 17.7 Å². The number of aliphatic hydroxyl groups is 7. The molecule has 5 rings (SSSR count). The highest BCUT2D eigenvalue weighted by Crippen LogP contribution is 2.40. The molecule has 17 nitrogen and oxygen atoms in total. The Labute approximate surface area is 246 Å². The first kappa shape index (κ1) is 31.7. The molecule has 2 saturated heterocycles. The third-order valence-electron chi connectivity index (χ3n) is 7.35. The molecule has 3 aromatic rings. The number of ether oxygens (including phenoxy) is 4. The monoisotopic (exact) mass is 626 g/mol. The van der Waals surface area contributed by atoms with E-state index in [9.17, 15) is 61.0 Å². The molecule has 4 unspecified atom stereocenters. The van der Waals surface area contributed by atoms with Gasteiger partial charge >= 0.3 is 0 Å². The number of aromatic hydroxyl groups is 4. The van der Waals surface area contributed by atoms with Crippen molar-refractivity contribution in [2.45, 2.75) is 61.4 Å². The molecule has 0 spiro atoms. The Hall–Kier alpha value is -3.75. The number of hydrogen-bond donors (Lipinski definition) is 11. The van der Waals surface area contributed by atoms with Gasteiger partial charge in [0.05, 0.1) is 13.2 Å². The summed E-state index contributed by atoms with van der Waals surface area (Å²) in [5.41, 5.74) is -1.47. The summed E-state index contributed by atoms with van der Waals surface area (Å²) in [5, 5.41) is 111. The molecule has 2 aliphatic heterocycles. The van der Waals surface area contributed by atoms with Crippen LogP contribution in [0.15, 0.2) is 39.5 Å². The number of phenols is 4. The van der Waals surface area contributed by atoms with Crippen molar-refractivity contribution in [1.82, 2.24) is 0 Å². The Morgan fingerprint density at radius 2 is 1.34 bits per heavy atom. The number of phenolic OH excluding ortho intramolecular Hbond substituents is 4. The molecule has 0 bridgehead atoms. The van der Waals surface area contributed by atoms with E-state index < -0.39 is 120 Å². The molecule has 1 aromatic heterocycles. The zero-order valence-corrected chi connectivity index (χ0v) is 22.4. The van der Waals surface area contributed by atoms with Crippen molar-refractivity contribution in [2.24, 2.45) is 0 Å². The topological polar surface area (TPSA) is 290 Å². The van der Waals surface area contributed by atoms with Crippen molar-refractivity contribution >= 4 is 11.0 Å². The van der Waals surface area contributed by atoms with Gasteiger partial charge < -0.3 is 79.5 Å². The van der Waals surface area contributed by atoms with E-state index in [2.05, 4.69) is 0 Å². The number of hydrogen-bond acceptors (Lipinski definition) is 17. The Bertz CT molecular complexity index is 1560. The standard InChI is InChI=1S/C27H30O17/c28-6-14-17(34)20(37)22(39)26(41-14)44-25-21(38)18(35)15(7-29)42-27(25)43-24-19(36)16-12(33)4-9(30)5-13(16)40-23(24)8-1-2-10(31)11(32)3-8/h1-5,14-15,17-18,20-22,25-35,37-39H,6-7H2/t14?,15?,17-,18+,20-,21-,22?,25?,26+,27+/m1/s1. The maximum atomic E-state index is 13.7. The summed E-state index contributed by atoms with van der Waals surface area (Å²) in [6.45, 7) is -1.68. The first-order valence-electron chi connectivity index (χ1n) is 13.2. The quantitative estimate of drug-likeness (QED) is 0.119. The lowest BCUT2D eigenvalue weighted by atomic mass is 9.97. The van der Waals surface area contributed by atoms with Gasteiger partial charge in [-0.05, 0) is 18.2 Å². The lowest BCUT2D eigenvalue weighted by Crippen LogP contribution is -2.65. The predicted octanol–water partition coefficient (Wildman–Crippen LogP) is -2.71. The molecule has 0 radical (unpaired) electrons. The highest BCUT2D eigenvalue weighted by molar-refractivity contribution is 5.88. The average Bonchev–Trinajstić information content (AvgIpc) is 2.98. The van der Waals surface area contributed by atoms with E-state index in [0.717, 1.165) is 24.3 Å². The van der Waals surface area contributed by atoms with Gasteiger partial charge in [-0.25, -0.2) is 0 Å². The number of rotatable bonds is 7. The molecular formula is C27H30O17. The van der Waals surface area contributed by atoms with E-state index >= 15 is 0 Å². The first-order chi connectivity index (χ1) is 20.9. The molecule has 2 aliphatic rings. The maximum Gasteiger partial charge on any atom is 0.239 e. The van der Waals surface area contributed by atoms with E-state index in [1.807, 2.05) is 0 Å². The van der Waals surface area contributed by atoms with Gasteiger partial charge in [0.2, 0.25) is 17.5 Å². The van der Waals surface area contributed by atoms with Crippen LogP contribution >= 0.6 is 0 Å². The SMILES string of the molecule is O=c1c(O[C@@H]2OC(CO)[C@H](O)[C@@H](O)C2O[C@@H]2OC(CO)[C@@H](O)[C@@H](O)C2O)c(-c2ccc(O)c(O)c2)oc2cc(O)cc(O)c12. The fourth-order valence-corrected chi connectivity index (χ4v) is 4.98. The molecule has 2 fully saturated rings. The minimum absolute atomic E-state index is 0.0707. The molecule has 11 N–H and O–H groups in total. The molecule has 44 heavy (non-hydrogen) atoms. The lowest BCUT2D eigenvalue weighted by Gasteiger charge is -2.45. The van der Waals surface area contributed by atoms with Gasteiger partial charge in [-0.1, -0.05) is 0 Å². The molecule has 0 aliphatic carbocycles. The summed E-state index contributed by atoms with van der Waals surface area (Å²) >= 11 is 0. The van der Waals surface area contributed by atoms with Crippen molar-refractivity contribution in [1.29, 1.82) is 0 Å². The molecule has 17 heteroatoms. The van der Waals surface area contributed by atoms with Crippen LogP contribution < -0.4 is 10.2 Å². The molecule has 10 atom stereocenters. The predicted molar refractivity (Wildman–Crippen MR) is 142 cm³/mol.